The maximum Gasteiger partial charge on any atom is 0.143 e. The Labute approximate surface area is 115 Å². The van der Waals surface area contributed by atoms with E-state index in [-0.39, 0.29) is 0 Å². The van der Waals surface area contributed by atoms with Gasteiger partial charge in [0.25, 0.3) is 0 Å². The summed E-state index contributed by atoms with van der Waals surface area (Å²) in [4.78, 5) is 0. The van der Waals surface area contributed by atoms with Gasteiger partial charge in [0.05, 0.1) is 34.2 Å². The number of benzene rings is 2. The number of nitrogen functional groups attached to an aromatic ring is 1. The maximum atomic E-state index is 6.09. The van der Waals surface area contributed by atoms with Crippen LogP contribution in [0.3, 0.4) is 0 Å². The predicted molar refractivity (Wildman–Crippen MR) is 77.2 cm³/mol. The van der Waals surface area contributed by atoms with Crippen LogP contribution in [-0.4, -0.2) is 7.11 Å². The van der Waals surface area contributed by atoms with E-state index in [9.17, 15) is 0 Å². The average molecular weight is 283 g/mol. The SMILES string of the molecule is COc1cccc(Nc2c(Cl)cccc2Cl)c1N. The first-order chi connectivity index (χ1) is 8.63. The van der Waals surface area contributed by atoms with Crippen molar-refractivity contribution in [2.24, 2.45) is 0 Å². The number of para-hydroxylation sites is 2. The van der Waals surface area contributed by atoms with Crippen molar-refractivity contribution < 1.29 is 4.74 Å². The van der Waals surface area contributed by atoms with Crippen LogP contribution in [0.4, 0.5) is 17.1 Å². The van der Waals surface area contributed by atoms with Gasteiger partial charge >= 0.3 is 0 Å². The summed E-state index contributed by atoms with van der Waals surface area (Å²) in [5.74, 6) is 0.600. The lowest BCUT2D eigenvalue weighted by Crippen LogP contribution is -1.99. The van der Waals surface area contributed by atoms with Crippen molar-refractivity contribution >= 4 is 40.3 Å². The lowest BCUT2D eigenvalue weighted by molar-refractivity contribution is 0.417. The summed E-state index contributed by atoms with van der Waals surface area (Å²) in [6.45, 7) is 0. The first kappa shape index (κ1) is 12.9. The fourth-order valence-corrected chi connectivity index (χ4v) is 2.07. The van der Waals surface area contributed by atoms with Gasteiger partial charge in [-0.3, -0.25) is 0 Å². The molecule has 0 atom stereocenters. The Morgan fingerprint density at radius 3 is 2.28 bits per heavy atom. The van der Waals surface area contributed by atoms with Crippen LogP contribution >= 0.6 is 23.2 Å². The van der Waals surface area contributed by atoms with Gasteiger partial charge in [0.2, 0.25) is 0 Å². The van der Waals surface area contributed by atoms with Crippen LogP contribution in [0.25, 0.3) is 0 Å². The van der Waals surface area contributed by atoms with Gasteiger partial charge in [-0.15, -0.1) is 0 Å². The molecule has 0 amide bonds. The Balaban J connectivity index is 2.40. The third-order valence-electron chi connectivity index (χ3n) is 2.51. The van der Waals surface area contributed by atoms with Crippen molar-refractivity contribution in [2.45, 2.75) is 0 Å². The van der Waals surface area contributed by atoms with Crippen LogP contribution in [0.15, 0.2) is 36.4 Å². The molecular weight excluding hydrogens is 271 g/mol. The number of methoxy groups -OCH3 is 1. The highest BCUT2D eigenvalue weighted by Crippen LogP contribution is 2.36. The van der Waals surface area contributed by atoms with E-state index in [0.717, 1.165) is 0 Å². The first-order valence-electron chi connectivity index (χ1n) is 5.27. The maximum absolute atomic E-state index is 6.09. The van der Waals surface area contributed by atoms with Gasteiger partial charge in [0.1, 0.15) is 5.75 Å². The third-order valence-corrected chi connectivity index (χ3v) is 3.14. The summed E-state index contributed by atoms with van der Waals surface area (Å²) < 4.78 is 5.15. The fourth-order valence-electron chi connectivity index (χ4n) is 1.58. The van der Waals surface area contributed by atoms with Gasteiger partial charge in [-0.05, 0) is 24.3 Å². The number of halogens is 2. The molecule has 5 heteroatoms. The highest BCUT2D eigenvalue weighted by atomic mass is 35.5. The van der Waals surface area contributed by atoms with E-state index in [1.807, 2.05) is 12.1 Å². The molecule has 18 heavy (non-hydrogen) atoms. The Kier molecular flexibility index (Phi) is 3.84. The van der Waals surface area contributed by atoms with Gasteiger partial charge in [-0.25, -0.2) is 0 Å². The number of nitrogens with one attached hydrogen (secondary N) is 1. The molecule has 3 nitrogen and oxygen atoms in total. The highest BCUT2D eigenvalue weighted by Gasteiger charge is 2.09. The van der Waals surface area contributed by atoms with E-state index in [2.05, 4.69) is 5.32 Å². The minimum absolute atomic E-state index is 0.510. The number of rotatable bonds is 3. The van der Waals surface area contributed by atoms with Gasteiger partial charge < -0.3 is 15.8 Å². The van der Waals surface area contributed by atoms with Gasteiger partial charge in [0, 0.05) is 0 Å². The molecule has 0 bridgehead atoms. The van der Waals surface area contributed by atoms with Crippen LogP contribution in [0.2, 0.25) is 10.0 Å². The Hall–Kier alpha value is -1.58. The molecular formula is C13H12Cl2N2O. The van der Waals surface area contributed by atoms with E-state index in [1.165, 1.54) is 0 Å². The van der Waals surface area contributed by atoms with Gasteiger partial charge in [-0.1, -0.05) is 35.3 Å². The summed E-state index contributed by atoms with van der Waals surface area (Å²) in [5, 5.41) is 4.18. The van der Waals surface area contributed by atoms with Crippen molar-refractivity contribution in [3.05, 3.63) is 46.4 Å². The molecule has 2 rings (SSSR count). The standard InChI is InChI=1S/C13H12Cl2N2O/c1-18-11-7-3-6-10(12(11)16)17-13-8(14)4-2-5-9(13)15/h2-7,17H,16H2,1H3. The van der Waals surface area contributed by atoms with Gasteiger partial charge in [-0.2, -0.15) is 0 Å². The largest absolute Gasteiger partial charge is 0.495 e. The second kappa shape index (κ2) is 5.38. The molecule has 0 aliphatic carbocycles. The molecule has 0 fully saturated rings. The zero-order valence-corrected chi connectivity index (χ0v) is 11.2. The van der Waals surface area contributed by atoms with E-state index in [1.54, 1.807) is 31.4 Å². The topological polar surface area (TPSA) is 47.3 Å². The molecule has 0 aliphatic heterocycles. The molecule has 0 aliphatic rings. The lowest BCUT2D eigenvalue weighted by Gasteiger charge is -2.14. The van der Waals surface area contributed by atoms with Crippen LogP contribution < -0.4 is 15.8 Å². The Morgan fingerprint density at radius 2 is 1.67 bits per heavy atom. The van der Waals surface area contributed by atoms with Crippen molar-refractivity contribution in [1.29, 1.82) is 0 Å². The fraction of sp³-hybridized carbons (Fsp3) is 0.0769. The summed E-state index contributed by atoms with van der Waals surface area (Å²) in [7, 11) is 1.57. The van der Waals surface area contributed by atoms with Crippen LogP contribution in [-0.2, 0) is 0 Å². The van der Waals surface area contributed by atoms with E-state index < -0.39 is 0 Å². The minimum atomic E-state index is 0.510. The van der Waals surface area contributed by atoms with E-state index >= 15 is 0 Å². The molecule has 2 aromatic carbocycles. The Morgan fingerprint density at radius 1 is 1.06 bits per heavy atom. The van der Waals surface area contributed by atoms with Crippen LogP contribution in [0.1, 0.15) is 0 Å². The van der Waals surface area contributed by atoms with Crippen LogP contribution in [0.5, 0.6) is 5.75 Å². The number of hydrogen-bond acceptors (Lipinski definition) is 3. The molecule has 0 radical (unpaired) electrons. The second-order valence-electron chi connectivity index (χ2n) is 3.64. The third kappa shape index (κ3) is 2.47. The van der Waals surface area contributed by atoms with Crippen molar-refractivity contribution in [2.75, 3.05) is 18.2 Å². The number of hydrogen-bond donors (Lipinski definition) is 2. The van der Waals surface area contributed by atoms with Gasteiger partial charge in [0.15, 0.2) is 0 Å². The summed E-state index contributed by atoms with van der Waals surface area (Å²) in [6, 6.07) is 10.7. The summed E-state index contributed by atoms with van der Waals surface area (Å²) >= 11 is 12.2. The number of anilines is 3. The van der Waals surface area contributed by atoms with E-state index in [4.69, 9.17) is 33.7 Å². The lowest BCUT2D eigenvalue weighted by atomic mass is 10.2. The van der Waals surface area contributed by atoms with Crippen molar-refractivity contribution in [1.82, 2.24) is 0 Å². The zero-order chi connectivity index (χ0) is 13.1. The monoisotopic (exact) mass is 282 g/mol. The molecule has 3 N–H and O–H groups in total. The second-order valence-corrected chi connectivity index (χ2v) is 4.46. The zero-order valence-electron chi connectivity index (χ0n) is 9.71. The molecule has 94 valence electrons. The molecule has 0 aromatic heterocycles. The predicted octanol–water partition coefficient (Wildman–Crippen LogP) is 4.33. The highest BCUT2D eigenvalue weighted by molar-refractivity contribution is 6.39. The molecule has 0 unspecified atom stereocenters. The summed E-state index contributed by atoms with van der Waals surface area (Å²) in [5.41, 5.74) is 7.80. The molecule has 0 spiro atoms. The smallest absolute Gasteiger partial charge is 0.143 e. The Bertz CT molecular complexity index is 553. The number of nitrogens with two attached hydrogens (primary N) is 1. The normalized spacial score (nSPS) is 10.2. The minimum Gasteiger partial charge on any atom is -0.495 e. The molecule has 0 saturated heterocycles. The number of ether oxygens (including phenoxy) is 1. The first-order valence-corrected chi connectivity index (χ1v) is 6.02. The average Bonchev–Trinajstić information content (AvgIpc) is 2.36. The quantitative estimate of drug-likeness (QED) is 0.824. The summed E-state index contributed by atoms with van der Waals surface area (Å²) in [6.07, 6.45) is 0. The van der Waals surface area contributed by atoms with E-state index in [0.29, 0.717) is 32.9 Å². The van der Waals surface area contributed by atoms with Crippen molar-refractivity contribution in [3.63, 3.8) is 0 Å². The van der Waals surface area contributed by atoms with Crippen molar-refractivity contribution in [3.8, 4) is 5.75 Å². The molecule has 0 saturated carbocycles. The molecule has 2 aromatic rings. The molecule has 0 heterocycles. The van der Waals surface area contributed by atoms with Crippen LogP contribution in [0, 0.1) is 0 Å².